The molecule has 0 saturated carbocycles. The first kappa shape index (κ1) is 13.1. The zero-order valence-electron chi connectivity index (χ0n) is 9.50. The average molecular weight is 286 g/mol. The molecular formula is C12H16BrNO2. The lowest BCUT2D eigenvalue weighted by atomic mass is 10.1. The first-order valence-corrected chi connectivity index (χ1v) is 5.73. The third-order valence-corrected chi connectivity index (χ3v) is 2.32. The molecule has 0 aromatic heterocycles. The molecule has 0 spiro atoms. The summed E-state index contributed by atoms with van der Waals surface area (Å²) in [6.45, 7) is 6.04. The number of ether oxygens (including phenoxy) is 2. The van der Waals surface area contributed by atoms with Crippen LogP contribution >= 0.6 is 15.9 Å². The summed E-state index contributed by atoms with van der Waals surface area (Å²) in [5.74, 6) is 1.48. The van der Waals surface area contributed by atoms with Gasteiger partial charge in [0.15, 0.2) is 0 Å². The molecule has 0 heterocycles. The number of halogens is 1. The van der Waals surface area contributed by atoms with Gasteiger partial charge in [-0.25, -0.2) is 0 Å². The number of nitrogens with two attached hydrogens (primary N) is 1. The van der Waals surface area contributed by atoms with Crippen LogP contribution in [0.1, 0.15) is 18.5 Å². The highest BCUT2D eigenvalue weighted by atomic mass is 79.9. The van der Waals surface area contributed by atoms with Crippen LogP contribution in [0.3, 0.4) is 0 Å². The molecule has 16 heavy (non-hydrogen) atoms. The first-order valence-electron chi connectivity index (χ1n) is 4.94. The molecule has 0 aliphatic heterocycles. The van der Waals surface area contributed by atoms with Gasteiger partial charge in [-0.3, -0.25) is 0 Å². The normalized spacial score (nSPS) is 12.0. The molecule has 0 radical (unpaired) electrons. The van der Waals surface area contributed by atoms with Crippen LogP contribution in [-0.4, -0.2) is 13.7 Å². The zero-order chi connectivity index (χ0) is 12.1. The van der Waals surface area contributed by atoms with Crippen LogP contribution in [0.4, 0.5) is 0 Å². The molecule has 0 unspecified atom stereocenters. The van der Waals surface area contributed by atoms with Crippen molar-refractivity contribution in [1.82, 2.24) is 0 Å². The van der Waals surface area contributed by atoms with Crippen molar-refractivity contribution in [2.45, 2.75) is 13.0 Å². The van der Waals surface area contributed by atoms with E-state index in [9.17, 15) is 0 Å². The maximum atomic E-state index is 5.86. The fourth-order valence-electron chi connectivity index (χ4n) is 1.30. The van der Waals surface area contributed by atoms with Crippen LogP contribution in [0.5, 0.6) is 11.5 Å². The number of methoxy groups -OCH3 is 1. The standard InChI is InChI=1S/C12H16BrNO2/c1-8(13)7-16-12-6-10(15-3)4-5-11(12)9(2)14/h4-6,9H,1,7,14H2,2-3H3/t9-/m0/s1. The van der Waals surface area contributed by atoms with Crippen molar-refractivity contribution in [2.24, 2.45) is 5.73 Å². The molecule has 0 aliphatic carbocycles. The van der Waals surface area contributed by atoms with Crippen molar-refractivity contribution in [3.63, 3.8) is 0 Å². The van der Waals surface area contributed by atoms with E-state index in [4.69, 9.17) is 15.2 Å². The number of hydrogen-bond donors (Lipinski definition) is 1. The third kappa shape index (κ3) is 3.54. The Bertz CT molecular complexity index is 377. The van der Waals surface area contributed by atoms with Gasteiger partial charge < -0.3 is 15.2 Å². The van der Waals surface area contributed by atoms with E-state index in [0.717, 1.165) is 21.5 Å². The van der Waals surface area contributed by atoms with E-state index < -0.39 is 0 Å². The molecule has 1 aromatic carbocycles. The maximum Gasteiger partial charge on any atom is 0.128 e. The van der Waals surface area contributed by atoms with Gasteiger partial charge >= 0.3 is 0 Å². The molecule has 0 amide bonds. The Hall–Kier alpha value is -1.00. The largest absolute Gasteiger partial charge is 0.497 e. The first-order chi connectivity index (χ1) is 7.54. The van der Waals surface area contributed by atoms with Crippen LogP contribution in [0.2, 0.25) is 0 Å². The minimum absolute atomic E-state index is 0.0792. The summed E-state index contributed by atoms with van der Waals surface area (Å²) in [6, 6.07) is 5.53. The molecule has 2 N–H and O–H groups in total. The van der Waals surface area contributed by atoms with Gasteiger partial charge in [0, 0.05) is 22.2 Å². The Kier molecular flexibility index (Phi) is 4.83. The lowest BCUT2D eigenvalue weighted by molar-refractivity contribution is 0.349. The molecular weight excluding hydrogens is 270 g/mol. The van der Waals surface area contributed by atoms with Crippen molar-refractivity contribution >= 4 is 15.9 Å². The summed E-state index contributed by atoms with van der Waals surface area (Å²) in [6.07, 6.45) is 0. The molecule has 0 bridgehead atoms. The average Bonchev–Trinajstić information content (AvgIpc) is 2.25. The smallest absolute Gasteiger partial charge is 0.128 e. The van der Waals surface area contributed by atoms with Gasteiger partial charge in [-0.15, -0.1) is 0 Å². The second kappa shape index (κ2) is 5.92. The lowest BCUT2D eigenvalue weighted by Crippen LogP contribution is -2.08. The quantitative estimate of drug-likeness (QED) is 0.905. The number of benzene rings is 1. The number of hydrogen-bond acceptors (Lipinski definition) is 3. The van der Waals surface area contributed by atoms with Gasteiger partial charge in [-0.2, -0.15) is 0 Å². The van der Waals surface area contributed by atoms with Gasteiger partial charge in [0.25, 0.3) is 0 Å². The van der Waals surface area contributed by atoms with Crippen molar-refractivity contribution in [3.8, 4) is 11.5 Å². The van der Waals surface area contributed by atoms with Crippen molar-refractivity contribution < 1.29 is 9.47 Å². The highest BCUT2D eigenvalue weighted by Crippen LogP contribution is 2.29. The second-order valence-electron chi connectivity index (χ2n) is 3.50. The molecule has 1 aromatic rings. The Morgan fingerprint density at radius 2 is 2.25 bits per heavy atom. The van der Waals surface area contributed by atoms with Crippen LogP contribution in [0.25, 0.3) is 0 Å². The molecule has 1 rings (SSSR count). The molecule has 0 saturated heterocycles. The predicted molar refractivity (Wildman–Crippen MR) is 69.2 cm³/mol. The minimum atomic E-state index is -0.0792. The van der Waals surface area contributed by atoms with Crippen LogP contribution in [0, 0.1) is 0 Å². The monoisotopic (exact) mass is 285 g/mol. The molecule has 0 aliphatic rings. The summed E-state index contributed by atoms with van der Waals surface area (Å²) < 4.78 is 11.5. The van der Waals surface area contributed by atoms with Crippen molar-refractivity contribution in [3.05, 3.63) is 34.8 Å². The zero-order valence-corrected chi connectivity index (χ0v) is 11.1. The van der Waals surface area contributed by atoms with Gasteiger partial charge in [0.2, 0.25) is 0 Å². The molecule has 0 fully saturated rings. The highest BCUT2D eigenvalue weighted by molar-refractivity contribution is 9.11. The van der Waals surface area contributed by atoms with E-state index in [2.05, 4.69) is 22.5 Å². The maximum absolute atomic E-state index is 5.86. The Labute approximate surface area is 104 Å². The van der Waals surface area contributed by atoms with E-state index >= 15 is 0 Å². The SMILES string of the molecule is C=C(Br)COc1cc(OC)ccc1[C@H](C)N. The fraction of sp³-hybridized carbons (Fsp3) is 0.333. The van der Waals surface area contributed by atoms with Gasteiger partial charge in [0.1, 0.15) is 18.1 Å². The lowest BCUT2D eigenvalue weighted by Gasteiger charge is -2.14. The van der Waals surface area contributed by atoms with E-state index in [1.165, 1.54) is 0 Å². The fourth-order valence-corrected chi connectivity index (χ4v) is 1.41. The van der Waals surface area contributed by atoms with Gasteiger partial charge in [-0.05, 0) is 13.0 Å². The van der Waals surface area contributed by atoms with E-state index in [1.54, 1.807) is 7.11 Å². The number of rotatable bonds is 5. The Balaban J connectivity index is 2.95. The summed E-state index contributed by atoms with van der Waals surface area (Å²) in [5, 5.41) is 0. The summed E-state index contributed by atoms with van der Waals surface area (Å²) in [7, 11) is 1.62. The predicted octanol–water partition coefficient (Wildman–Crippen LogP) is 3.00. The molecule has 3 nitrogen and oxygen atoms in total. The van der Waals surface area contributed by atoms with Gasteiger partial charge in [-0.1, -0.05) is 28.6 Å². The van der Waals surface area contributed by atoms with E-state index in [1.807, 2.05) is 25.1 Å². The summed E-state index contributed by atoms with van der Waals surface area (Å²) >= 11 is 3.25. The highest BCUT2D eigenvalue weighted by Gasteiger charge is 2.09. The second-order valence-corrected chi connectivity index (χ2v) is 4.62. The summed E-state index contributed by atoms with van der Waals surface area (Å²) in [5.41, 5.74) is 6.81. The third-order valence-electron chi connectivity index (χ3n) is 2.10. The van der Waals surface area contributed by atoms with Crippen LogP contribution in [-0.2, 0) is 0 Å². The Morgan fingerprint density at radius 1 is 1.56 bits per heavy atom. The van der Waals surface area contributed by atoms with Crippen molar-refractivity contribution in [1.29, 1.82) is 0 Å². The van der Waals surface area contributed by atoms with Crippen molar-refractivity contribution in [2.75, 3.05) is 13.7 Å². The molecule has 4 heteroatoms. The van der Waals surface area contributed by atoms with E-state index in [-0.39, 0.29) is 6.04 Å². The molecule has 1 atom stereocenters. The van der Waals surface area contributed by atoms with Gasteiger partial charge in [0.05, 0.1) is 7.11 Å². The Morgan fingerprint density at radius 3 is 2.75 bits per heavy atom. The van der Waals surface area contributed by atoms with Crippen LogP contribution < -0.4 is 15.2 Å². The topological polar surface area (TPSA) is 44.5 Å². The summed E-state index contributed by atoms with van der Waals surface area (Å²) in [4.78, 5) is 0. The van der Waals surface area contributed by atoms with E-state index in [0.29, 0.717) is 6.61 Å². The molecule has 88 valence electrons. The van der Waals surface area contributed by atoms with Crippen LogP contribution in [0.15, 0.2) is 29.3 Å². The minimum Gasteiger partial charge on any atom is -0.497 e.